The van der Waals surface area contributed by atoms with Crippen molar-refractivity contribution in [3.63, 3.8) is 0 Å². The largest absolute Gasteiger partial charge is 0.481 e. The average molecular weight is 781 g/mol. The molecule has 0 amide bonds. The molecule has 3 unspecified atom stereocenters. The minimum atomic E-state index is -1.75. The van der Waals surface area contributed by atoms with E-state index in [0.29, 0.717) is 12.3 Å². The Balaban J connectivity index is 1.12. The lowest BCUT2D eigenvalue weighted by Crippen LogP contribution is -2.67. The SMILES string of the molecule is CC1(C)CC[C@]2(C(=O)O)CC[C@]3(C)C(=CCC4[C@@]5(C)CC[C@H](OC6O[C@H](CO)[C@@H](O)[C@H](O[C@@H]7O[C@H](CO)[C@@H](O)[C@H](O)[C@H]7O)[C@H]6O)C(C)(C)C5CC[C@]43C)[C@@H]2C1. The van der Waals surface area contributed by atoms with Crippen molar-refractivity contribution >= 4 is 5.97 Å². The van der Waals surface area contributed by atoms with Gasteiger partial charge in [0.1, 0.15) is 48.8 Å². The predicted molar refractivity (Wildman–Crippen MR) is 198 cm³/mol. The first kappa shape index (κ1) is 41.9. The smallest absolute Gasteiger partial charge is 0.310 e. The van der Waals surface area contributed by atoms with Gasteiger partial charge >= 0.3 is 5.97 Å². The minimum Gasteiger partial charge on any atom is -0.481 e. The lowest BCUT2D eigenvalue weighted by molar-refractivity contribution is -0.369. The Morgan fingerprint density at radius 2 is 1.35 bits per heavy atom. The van der Waals surface area contributed by atoms with Crippen LogP contribution in [0.4, 0.5) is 0 Å². The molecule has 0 aromatic rings. The molecule has 2 aliphatic heterocycles. The van der Waals surface area contributed by atoms with E-state index in [9.17, 15) is 45.6 Å². The first-order chi connectivity index (χ1) is 25.6. The molecule has 0 aromatic heterocycles. The van der Waals surface area contributed by atoms with E-state index < -0.39 is 86.0 Å². The quantitative estimate of drug-likeness (QED) is 0.138. The average Bonchev–Trinajstić information content (AvgIpc) is 3.12. The Bertz CT molecular complexity index is 1480. The number of hydrogen-bond donors (Lipinski definition) is 8. The van der Waals surface area contributed by atoms with Gasteiger partial charge in [-0.3, -0.25) is 4.79 Å². The zero-order valence-corrected chi connectivity index (χ0v) is 33.8. The number of aliphatic hydroxyl groups is 7. The molecule has 13 heteroatoms. The van der Waals surface area contributed by atoms with Gasteiger partial charge in [-0.25, -0.2) is 0 Å². The van der Waals surface area contributed by atoms with Gasteiger partial charge in [0.2, 0.25) is 0 Å². The predicted octanol–water partition coefficient (Wildman–Crippen LogP) is 2.88. The zero-order chi connectivity index (χ0) is 40.3. The Morgan fingerprint density at radius 1 is 0.727 bits per heavy atom. The number of aliphatic hydroxyl groups excluding tert-OH is 7. The first-order valence-electron chi connectivity index (χ1n) is 20.8. The van der Waals surface area contributed by atoms with Gasteiger partial charge in [0.15, 0.2) is 12.6 Å². The molecular formula is C42H68O13. The number of aliphatic carboxylic acids is 1. The molecule has 5 aliphatic carbocycles. The maximum atomic E-state index is 13.0. The van der Waals surface area contributed by atoms with Gasteiger partial charge in [-0.1, -0.05) is 60.1 Å². The molecule has 7 rings (SSSR count). The fourth-order valence-corrected chi connectivity index (χ4v) is 13.7. The maximum absolute atomic E-state index is 13.0. The number of carbonyl (C=O) groups is 1. The second-order valence-corrected chi connectivity index (χ2v) is 20.7. The lowest BCUT2D eigenvalue weighted by atomic mass is 9.33. The molecule has 7 aliphatic rings. The summed E-state index contributed by atoms with van der Waals surface area (Å²) in [5.41, 5.74) is 0.283. The molecule has 314 valence electrons. The van der Waals surface area contributed by atoms with Gasteiger partial charge in [0.25, 0.3) is 0 Å². The van der Waals surface area contributed by atoms with Crippen molar-refractivity contribution in [1.29, 1.82) is 0 Å². The summed E-state index contributed by atoms with van der Waals surface area (Å²) in [6.45, 7) is 15.1. The van der Waals surface area contributed by atoms with E-state index in [1.165, 1.54) is 5.57 Å². The van der Waals surface area contributed by atoms with E-state index in [2.05, 4.69) is 54.5 Å². The highest BCUT2D eigenvalue weighted by molar-refractivity contribution is 5.76. The second kappa shape index (κ2) is 14.2. The van der Waals surface area contributed by atoms with Crippen molar-refractivity contribution in [3.8, 4) is 0 Å². The third-order valence-electron chi connectivity index (χ3n) is 17.3. The number of carboxylic acid groups (broad SMARTS) is 1. The number of carboxylic acids is 1. The second-order valence-electron chi connectivity index (χ2n) is 20.7. The summed E-state index contributed by atoms with van der Waals surface area (Å²) in [5.74, 6) is 0.0564. The number of fused-ring (bicyclic) bond motifs is 7. The van der Waals surface area contributed by atoms with Crippen LogP contribution in [0.5, 0.6) is 0 Å². The summed E-state index contributed by atoms with van der Waals surface area (Å²) in [6, 6.07) is 0. The zero-order valence-electron chi connectivity index (χ0n) is 33.8. The van der Waals surface area contributed by atoms with Gasteiger partial charge < -0.3 is 59.8 Å². The van der Waals surface area contributed by atoms with Crippen molar-refractivity contribution in [1.82, 2.24) is 0 Å². The van der Waals surface area contributed by atoms with Crippen LogP contribution in [0.25, 0.3) is 0 Å². The molecule has 8 N–H and O–H groups in total. The van der Waals surface area contributed by atoms with Crippen LogP contribution in [0.15, 0.2) is 11.6 Å². The van der Waals surface area contributed by atoms with Gasteiger partial charge in [-0.05, 0) is 109 Å². The standard InChI is InChI=1S/C42H68O13/c1-37(2)14-16-42(36(50)51)17-15-40(6)21(22(42)18-37)8-9-26-39(5)12-11-27(38(3,4)25(39)10-13-41(26,40)7)54-35-32(49)33(29(46)24(20-44)53-35)55-34-31(48)30(47)28(45)23(19-43)52-34/h8,22-35,43-49H,9-20H2,1-7H3,(H,50,51)/t22-,23+,24+,25?,26?,27-,28+,29+,30-,31+,32+,33-,34-,35?,39-,40+,41+,42-/m0/s1. The van der Waals surface area contributed by atoms with Crippen LogP contribution in [0.3, 0.4) is 0 Å². The molecule has 0 radical (unpaired) electrons. The van der Waals surface area contributed by atoms with Gasteiger partial charge in [0.05, 0.1) is 24.7 Å². The summed E-state index contributed by atoms with van der Waals surface area (Å²) < 4.78 is 24.0. The number of rotatable bonds is 7. The third kappa shape index (κ3) is 6.23. The first-order valence-corrected chi connectivity index (χ1v) is 20.8. The Morgan fingerprint density at radius 3 is 1.98 bits per heavy atom. The summed E-state index contributed by atoms with van der Waals surface area (Å²) in [4.78, 5) is 13.0. The van der Waals surface area contributed by atoms with Crippen molar-refractivity contribution < 1.29 is 64.6 Å². The summed E-state index contributed by atoms with van der Waals surface area (Å²) >= 11 is 0. The third-order valence-corrected chi connectivity index (χ3v) is 17.3. The van der Waals surface area contributed by atoms with Crippen LogP contribution in [0, 0.1) is 50.2 Å². The van der Waals surface area contributed by atoms with Crippen LogP contribution < -0.4 is 0 Å². The molecule has 6 fully saturated rings. The van der Waals surface area contributed by atoms with Crippen molar-refractivity contribution in [2.24, 2.45) is 50.2 Å². The lowest BCUT2D eigenvalue weighted by Gasteiger charge is -2.71. The molecule has 18 atom stereocenters. The highest BCUT2D eigenvalue weighted by atomic mass is 16.7. The highest BCUT2D eigenvalue weighted by Gasteiger charge is 2.69. The molecule has 2 saturated heterocycles. The fraction of sp³-hybridized carbons (Fsp3) is 0.929. The van der Waals surface area contributed by atoms with E-state index in [1.807, 2.05) is 0 Å². The molecule has 0 bridgehead atoms. The minimum absolute atomic E-state index is 0.0134. The number of ether oxygens (including phenoxy) is 4. The van der Waals surface area contributed by atoms with Gasteiger partial charge in [-0.2, -0.15) is 0 Å². The normalized spacial score (nSPS) is 53.2. The highest BCUT2D eigenvalue weighted by Crippen LogP contribution is 2.76. The van der Waals surface area contributed by atoms with Crippen molar-refractivity contribution in [2.75, 3.05) is 13.2 Å². The maximum Gasteiger partial charge on any atom is 0.310 e. The van der Waals surface area contributed by atoms with Crippen LogP contribution in [-0.4, -0.2) is 128 Å². The van der Waals surface area contributed by atoms with Gasteiger partial charge in [-0.15, -0.1) is 0 Å². The summed E-state index contributed by atoms with van der Waals surface area (Å²) in [6.07, 6.45) is -4.35. The van der Waals surface area contributed by atoms with Gasteiger partial charge in [0, 0.05) is 0 Å². The van der Waals surface area contributed by atoms with Crippen LogP contribution in [-0.2, 0) is 23.7 Å². The molecule has 0 spiro atoms. The summed E-state index contributed by atoms with van der Waals surface area (Å²) in [7, 11) is 0. The topological polar surface area (TPSA) is 216 Å². The van der Waals surface area contributed by atoms with Crippen LogP contribution in [0.2, 0.25) is 0 Å². The molecule has 4 saturated carbocycles. The summed E-state index contributed by atoms with van der Waals surface area (Å²) in [5, 5.41) is 84.4. The van der Waals surface area contributed by atoms with E-state index >= 15 is 0 Å². The van der Waals surface area contributed by atoms with E-state index in [4.69, 9.17) is 18.9 Å². The Hall–Kier alpha value is -1.23. The monoisotopic (exact) mass is 780 g/mol. The molecule has 13 nitrogen and oxygen atoms in total. The molecule has 0 aromatic carbocycles. The number of allylic oxidation sites excluding steroid dienone is 2. The number of hydrogen-bond acceptors (Lipinski definition) is 12. The molecule has 2 heterocycles. The van der Waals surface area contributed by atoms with Crippen molar-refractivity contribution in [2.45, 2.75) is 180 Å². The van der Waals surface area contributed by atoms with Crippen LogP contribution in [0.1, 0.15) is 113 Å². The van der Waals surface area contributed by atoms with E-state index in [0.717, 1.165) is 57.8 Å². The van der Waals surface area contributed by atoms with Crippen molar-refractivity contribution in [3.05, 3.63) is 11.6 Å². The fourth-order valence-electron chi connectivity index (χ4n) is 13.7. The molecular weight excluding hydrogens is 712 g/mol. The van der Waals surface area contributed by atoms with E-state index in [-0.39, 0.29) is 45.0 Å². The van der Waals surface area contributed by atoms with E-state index in [1.54, 1.807) is 0 Å². The molecule has 55 heavy (non-hydrogen) atoms. The Kier molecular flexibility index (Phi) is 10.8. The van der Waals surface area contributed by atoms with Crippen LogP contribution >= 0.6 is 0 Å². The Labute approximate surface area is 325 Å².